The summed E-state index contributed by atoms with van der Waals surface area (Å²) in [5, 5.41) is 2.77. The van der Waals surface area contributed by atoms with Crippen LogP contribution in [0, 0.1) is 0 Å². The molecule has 2 aliphatic rings. The zero-order valence-electron chi connectivity index (χ0n) is 15.0. The van der Waals surface area contributed by atoms with Crippen LogP contribution in [0.1, 0.15) is 24.1 Å². The van der Waals surface area contributed by atoms with E-state index in [1.165, 1.54) is 6.92 Å². The van der Waals surface area contributed by atoms with Crippen LogP contribution in [0.5, 0.6) is 11.5 Å². The number of rotatable bonds is 2. The minimum Gasteiger partial charge on any atom is -0.454 e. The van der Waals surface area contributed by atoms with Crippen molar-refractivity contribution < 1.29 is 14.3 Å². The van der Waals surface area contributed by atoms with Crippen LogP contribution in [-0.4, -0.2) is 22.7 Å². The summed E-state index contributed by atoms with van der Waals surface area (Å²) in [5.41, 5.74) is 6.48. The number of hydrogen-bond donors (Lipinski definition) is 1. The Balaban J connectivity index is 1.62. The van der Waals surface area contributed by atoms with Gasteiger partial charge >= 0.3 is 0 Å². The van der Waals surface area contributed by atoms with E-state index in [1.54, 1.807) is 5.01 Å². The molecule has 3 heterocycles. The Morgan fingerprint density at radius 3 is 2.68 bits per heavy atom. The molecule has 3 aromatic rings. The van der Waals surface area contributed by atoms with Crippen molar-refractivity contribution in [2.24, 2.45) is 0 Å². The Morgan fingerprint density at radius 1 is 1.18 bits per heavy atom. The minimum atomic E-state index is -0.373. The van der Waals surface area contributed by atoms with Gasteiger partial charge in [-0.25, -0.2) is 9.99 Å². The maximum Gasteiger partial charge on any atom is 0.238 e. The molecule has 0 saturated carbocycles. The zero-order valence-corrected chi connectivity index (χ0v) is 15.7. The van der Waals surface area contributed by atoms with Crippen LogP contribution in [0.15, 0.2) is 54.6 Å². The van der Waals surface area contributed by atoms with Gasteiger partial charge < -0.3 is 9.47 Å². The highest BCUT2D eigenvalue weighted by Crippen LogP contribution is 2.39. The minimum absolute atomic E-state index is 0.117. The highest BCUT2D eigenvalue weighted by Gasteiger charge is 2.31. The maximum atomic E-state index is 12.3. The molecule has 1 atom stereocenters. The fraction of sp³-hybridized carbons (Fsp3) is 0.143. The second kappa shape index (κ2) is 6.42. The number of hydrazine groups is 1. The van der Waals surface area contributed by atoms with E-state index >= 15 is 0 Å². The number of aromatic nitrogens is 1. The number of nitrogens with one attached hydrogen (secondary N) is 1. The molecule has 2 aromatic carbocycles. The molecule has 0 saturated heterocycles. The van der Waals surface area contributed by atoms with Crippen LogP contribution in [-0.2, 0) is 4.79 Å². The Morgan fingerprint density at radius 2 is 1.93 bits per heavy atom. The summed E-state index contributed by atoms with van der Waals surface area (Å²) in [5.74, 6) is 1.22. The second-order valence-corrected chi connectivity index (χ2v) is 7.02. The largest absolute Gasteiger partial charge is 0.454 e. The summed E-state index contributed by atoms with van der Waals surface area (Å²) in [7, 11) is 0. The van der Waals surface area contributed by atoms with Crippen LogP contribution >= 0.6 is 11.6 Å². The summed E-state index contributed by atoms with van der Waals surface area (Å²) in [6.07, 6.45) is 1.98. The van der Waals surface area contributed by atoms with Gasteiger partial charge in [-0.2, -0.15) is 0 Å². The Kier molecular flexibility index (Phi) is 3.87. The van der Waals surface area contributed by atoms with Gasteiger partial charge in [-0.05, 0) is 23.8 Å². The molecule has 0 unspecified atom stereocenters. The number of ether oxygens (including phenoxy) is 2. The van der Waals surface area contributed by atoms with E-state index in [4.69, 9.17) is 21.1 Å². The number of pyridine rings is 1. The summed E-state index contributed by atoms with van der Waals surface area (Å²) < 4.78 is 10.9. The van der Waals surface area contributed by atoms with E-state index in [2.05, 4.69) is 10.4 Å². The van der Waals surface area contributed by atoms with Crippen molar-refractivity contribution >= 4 is 34.1 Å². The lowest BCUT2D eigenvalue weighted by Gasteiger charge is -2.24. The van der Waals surface area contributed by atoms with Crippen LogP contribution in [0.3, 0.4) is 0 Å². The van der Waals surface area contributed by atoms with Crippen LogP contribution in [0.2, 0.25) is 5.15 Å². The standard InChI is InChI=1S/C21H16ClN3O3/c1-12(26)25-18(9-17(24-25)13-5-3-2-4-6-13)15-7-14-8-19-20(28-11-27-19)10-16(14)23-21(15)22/h2-10,18,24H,11H2,1H3/t18-/m1/s1. The van der Waals surface area contributed by atoms with Gasteiger partial charge in [0.2, 0.25) is 12.7 Å². The topological polar surface area (TPSA) is 63.7 Å². The number of fused-ring (bicyclic) bond motifs is 2. The summed E-state index contributed by atoms with van der Waals surface area (Å²) in [4.78, 5) is 16.8. The highest BCUT2D eigenvalue weighted by molar-refractivity contribution is 6.30. The molecule has 0 spiro atoms. The number of carbonyl (C=O) groups is 1. The summed E-state index contributed by atoms with van der Waals surface area (Å²) in [6.45, 7) is 1.71. The molecule has 5 rings (SSSR count). The van der Waals surface area contributed by atoms with Crippen molar-refractivity contribution in [2.75, 3.05) is 6.79 Å². The van der Waals surface area contributed by atoms with Gasteiger partial charge in [0.15, 0.2) is 11.5 Å². The molecule has 0 radical (unpaired) electrons. The average molecular weight is 394 g/mol. The number of nitrogens with zero attached hydrogens (tertiary/aromatic N) is 2. The molecule has 6 nitrogen and oxygen atoms in total. The first-order valence-corrected chi connectivity index (χ1v) is 9.21. The molecule has 1 amide bonds. The fourth-order valence-electron chi connectivity index (χ4n) is 3.52. The SMILES string of the molecule is CC(=O)N1NC(c2ccccc2)=C[C@@H]1c1cc2cc3c(cc2nc1Cl)OCO3. The predicted molar refractivity (Wildman–Crippen MR) is 106 cm³/mol. The van der Waals surface area contributed by atoms with Gasteiger partial charge in [0, 0.05) is 23.9 Å². The van der Waals surface area contributed by atoms with Gasteiger partial charge in [0.05, 0.1) is 11.2 Å². The lowest BCUT2D eigenvalue weighted by Crippen LogP contribution is -2.38. The molecule has 2 aliphatic heterocycles. The molecule has 0 fully saturated rings. The van der Waals surface area contributed by atoms with E-state index < -0.39 is 0 Å². The van der Waals surface area contributed by atoms with Crippen molar-refractivity contribution in [3.05, 3.63) is 70.9 Å². The highest BCUT2D eigenvalue weighted by atomic mass is 35.5. The molecule has 0 aliphatic carbocycles. The van der Waals surface area contributed by atoms with Gasteiger partial charge in [0.25, 0.3) is 0 Å². The van der Waals surface area contributed by atoms with E-state index in [0.717, 1.165) is 22.2 Å². The van der Waals surface area contributed by atoms with Crippen LogP contribution < -0.4 is 14.9 Å². The zero-order chi connectivity index (χ0) is 19.3. The summed E-state index contributed by atoms with van der Waals surface area (Å²) >= 11 is 6.52. The van der Waals surface area contributed by atoms with E-state index in [9.17, 15) is 4.79 Å². The van der Waals surface area contributed by atoms with E-state index in [-0.39, 0.29) is 18.7 Å². The van der Waals surface area contributed by atoms with Crippen LogP contribution in [0.4, 0.5) is 0 Å². The molecule has 1 aromatic heterocycles. The van der Waals surface area contributed by atoms with Crippen LogP contribution in [0.25, 0.3) is 16.6 Å². The third kappa shape index (κ3) is 2.73. The van der Waals surface area contributed by atoms with Gasteiger partial charge in [-0.15, -0.1) is 0 Å². The maximum absolute atomic E-state index is 12.3. The van der Waals surface area contributed by atoms with Crippen molar-refractivity contribution in [2.45, 2.75) is 13.0 Å². The van der Waals surface area contributed by atoms with Gasteiger partial charge in [0.1, 0.15) is 11.2 Å². The Hall–Kier alpha value is -3.25. The smallest absolute Gasteiger partial charge is 0.238 e. The van der Waals surface area contributed by atoms with Crippen molar-refractivity contribution in [1.29, 1.82) is 0 Å². The number of hydrogen-bond acceptors (Lipinski definition) is 5. The molecule has 28 heavy (non-hydrogen) atoms. The third-order valence-corrected chi connectivity index (χ3v) is 5.18. The lowest BCUT2D eigenvalue weighted by molar-refractivity contribution is -0.132. The number of benzene rings is 2. The molecule has 140 valence electrons. The molecular formula is C21H16ClN3O3. The first-order valence-electron chi connectivity index (χ1n) is 8.83. The molecule has 7 heteroatoms. The quantitative estimate of drug-likeness (QED) is 0.665. The third-order valence-electron chi connectivity index (χ3n) is 4.88. The lowest BCUT2D eigenvalue weighted by atomic mass is 10.0. The molecule has 0 bridgehead atoms. The average Bonchev–Trinajstić information content (AvgIpc) is 3.33. The van der Waals surface area contributed by atoms with Gasteiger partial charge in [-0.1, -0.05) is 41.9 Å². The second-order valence-electron chi connectivity index (χ2n) is 6.66. The number of amides is 1. The van der Waals surface area contributed by atoms with Crippen molar-refractivity contribution in [1.82, 2.24) is 15.4 Å². The predicted octanol–water partition coefficient (Wildman–Crippen LogP) is 4.07. The van der Waals surface area contributed by atoms with Gasteiger partial charge in [-0.3, -0.25) is 10.2 Å². The van der Waals surface area contributed by atoms with E-state index in [1.807, 2.05) is 54.6 Å². The first kappa shape index (κ1) is 16.9. The first-order chi connectivity index (χ1) is 13.6. The Bertz CT molecular complexity index is 1130. The fourth-order valence-corrected chi connectivity index (χ4v) is 3.77. The normalized spacial score (nSPS) is 17.6. The van der Waals surface area contributed by atoms with Crippen molar-refractivity contribution in [3.63, 3.8) is 0 Å². The van der Waals surface area contributed by atoms with Crippen molar-refractivity contribution in [3.8, 4) is 11.5 Å². The molecular weight excluding hydrogens is 378 g/mol. The number of halogens is 1. The molecule has 1 N–H and O–H groups in total. The monoisotopic (exact) mass is 393 g/mol. The van der Waals surface area contributed by atoms with E-state index in [0.29, 0.717) is 22.2 Å². The number of carbonyl (C=O) groups excluding carboxylic acids is 1. The summed E-state index contributed by atoms with van der Waals surface area (Å²) in [6, 6.07) is 15.1. The Labute approximate surface area is 166 Å².